The number of hydrogen-bond acceptors (Lipinski definition) is 9. The fraction of sp³-hybridized carbons (Fsp3) is 0.320. The molecule has 1 amide bonds. The van der Waals surface area contributed by atoms with Crippen LogP contribution in [0.15, 0.2) is 58.7 Å². The molecule has 0 radical (unpaired) electrons. The number of aryl methyl sites for hydroxylation is 2. The van der Waals surface area contributed by atoms with E-state index in [-0.39, 0.29) is 35.8 Å². The Morgan fingerprint density at radius 2 is 1.76 bits per heavy atom. The van der Waals surface area contributed by atoms with E-state index in [1.54, 1.807) is 32.4 Å². The normalized spacial score (nSPS) is 14.7. The molecule has 4 heterocycles. The van der Waals surface area contributed by atoms with Gasteiger partial charge in [-0.1, -0.05) is 12.1 Å². The number of benzene rings is 1. The molecule has 1 aliphatic rings. The van der Waals surface area contributed by atoms with Gasteiger partial charge < -0.3 is 9.80 Å². The van der Waals surface area contributed by atoms with Crippen LogP contribution in [0.2, 0.25) is 0 Å². The molecular formula is C25H27N7O4S2. The van der Waals surface area contributed by atoms with E-state index < -0.39 is 15.6 Å². The second-order valence-corrected chi connectivity index (χ2v) is 12.2. The maximum atomic E-state index is 13.8. The molecule has 1 fully saturated rings. The topological polar surface area (TPSA) is 122 Å². The number of aromatic nitrogens is 4. The van der Waals surface area contributed by atoms with Crippen LogP contribution in [0.25, 0.3) is 10.2 Å². The van der Waals surface area contributed by atoms with E-state index in [4.69, 9.17) is 0 Å². The Balaban J connectivity index is 1.42. The maximum Gasteiger partial charge on any atom is 0.263 e. The van der Waals surface area contributed by atoms with Crippen LogP contribution in [0, 0.1) is 13.8 Å². The molecule has 38 heavy (non-hydrogen) atoms. The minimum absolute atomic E-state index is 0.0230. The number of likely N-dealkylation sites (N-methyl/N-ethyl adjacent to an activating group) is 1. The SMILES string of the molecule is Cc1cccc(N(C)C(=O)Cn2cnc3sc(C)c(S(=O)(=O)N4CCN(c5ncccn5)CC4)c3c2=O)c1. The van der Waals surface area contributed by atoms with E-state index in [1.807, 2.05) is 36.1 Å². The zero-order valence-corrected chi connectivity index (χ0v) is 22.9. The predicted octanol–water partition coefficient (Wildman–Crippen LogP) is 2.04. The molecular weight excluding hydrogens is 526 g/mol. The number of thiophene rings is 1. The first-order chi connectivity index (χ1) is 18.2. The van der Waals surface area contributed by atoms with Gasteiger partial charge in [0.15, 0.2) is 0 Å². The second kappa shape index (κ2) is 10.2. The van der Waals surface area contributed by atoms with Crippen molar-refractivity contribution in [2.45, 2.75) is 25.3 Å². The molecule has 3 aromatic heterocycles. The highest BCUT2D eigenvalue weighted by Gasteiger charge is 2.34. The lowest BCUT2D eigenvalue weighted by molar-refractivity contribution is -0.118. The number of sulfonamides is 1. The summed E-state index contributed by atoms with van der Waals surface area (Å²) in [6.07, 6.45) is 4.60. The summed E-state index contributed by atoms with van der Waals surface area (Å²) < 4.78 is 30.1. The summed E-state index contributed by atoms with van der Waals surface area (Å²) in [5.41, 5.74) is 1.15. The first-order valence-electron chi connectivity index (χ1n) is 12.0. The van der Waals surface area contributed by atoms with E-state index in [2.05, 4.69) is 15.0 Å². The highest BCUT2D eigenvalue weighted by molar-refractivity contribution is 7.89. The van der Waals surface area contributed by atoms with Crippen LogP contribution in [-0.2, 0) is 21.4 Å². The Kier molecular flexibility index (Phi) is 6.99. The van der Waals surface area contributed by atoms with E-state index in [9.17, 15) is 18.0 Å². The number of fused-ring (bicyclic) bond motifs is 1. The molecule has 5 rings (SSSR count). The summed E-state index contributed by atoms with van der Waals surface area (Å²) in [5.74, 6) is 0.226. The smallest absolute Gasteiger partial charge is 0.263 e. The lowest BCUT2D eigenvalue weighted by Crippen LogP contribution is -2.49. The molecule has 0 spiro atoms. The highest BCUT2D eigenvalue weighted by Crippen LogP contribution is 2.33. The number of hydrogen-bond donors (Lipinski definition) is 0. The van der Waals surface area contributed by atoms with Crippen LogP contribution in [0.4, 0.5) is 11.6 Å². The van der Waals surface area contributed by atoms with Gasteiger partial charge in [0.05, 0.1) is 11.7 Å². The summed E-state index contributed by atoms with van der Waals surface area (Å²) in [5, 5.41) is 0.0230. The average Bonchev–Trinajstić information content (AvgIpc) is 3.27. The Bertz CT molecular complexity index is 1660. The van der Waals surface area contributed by atoms with Gasteiger partial charge in [-0.05, 0) is 37.6 Å². The summed E-state index contributed by atoms with van der Waals surface area (Å²) in [4.78, 5) is 43.5. The molecule has 0 unspecified atom stereocenters. The molecule has 1 aromatic carbocycles. The Morgan fingerprint density at radius 1 is 1.05 bits per heavy atom. The van der Waals surface area contributed by atoms with Crippen molar-refractivity contribution in [3.05, 3.63) is 69.8 Å². The van der Waals surface area contributed by atoms with Crippen LogP contribution < -0.4 is 15.4 Å². The maximum absolute atomic E-state index is 13.8. The predicted molar refractivity (Wildman–Crippen MR) is 146 cm³/mol. The van der Waals surface area contributed by atoms with Crippen molar-refractivity contribution in [3.63, 3.8) is 0 Å². The average molecular weight is 554 g/mol. The standard InChI is InChI=1S/C25H27N7O4S2/c1-17-6-4-7-19(14-17)29(3)20(33)15-31-16-28-23-21(24(31)34)22(18(2)37-23)38(35,36)32-12-10-30(11-13-32)25-26-8-5-9-27-25/h4-9,14,16H,10-13,15H2,1-3H3. The van der Waals surface area contributed by atoms with Gasteiger partial charge in [-0.3, -0.25) is 14.2 Å². The van der Waals surface area contributed by atoms with Gasteiger partial charge in [-0.25, -0.2) is 23.4 Å². The molecule has 11 nitrogen and oxygen atoms in total. The molecule has 1 aliphatic heterocycles. The third-order valence-corrected chi connectivity index (χ3v) is 9.75. The molecule has 1 saturated heterocycles. The van der Waals surface area contributed by atoms with Crippen molar-refractivity contribution in [1.82, 2.24) is 23.8 Å². The van der Waals surface area contributed by atoms with Crippen molar-refractivity contribution in [2.75, 3.05) is 43.0 Å². The number of rotatable bonds is 6. The minimum Gasteiger partial charge on any atom is -0.338 e. The minimum atomic E-state index is -3.99. The third-order valence-electron chi connectivity index (χ3n) is 6.54. The molecule has 0 N–H and O–H groups in total. The summed E-state index contributed by atoms with van der Waals surface area (Å²) in [6.45, 7) is 4.64. The Morgan fingerprint density at radius 3 is 2.45 bits per heavy atom. The monoisotopic (exact) mass is 553 g/mol. The molecule has 4 aromatic rings. The van der Waals surface area contributed by atoms with E-state index >= 15 is 0 Å². The fourth-order valence-electron chi connectivity index (χ4n) is 4.48. The number of carbonyl (C=O) groups excluding carboxylic acids is 1. The van der Waals surface area contributed by atoms with Gasteiger partial charge in [0, 0.05) is 56.2 Å². The van der Waals surface area contributed by atoms with E-state index in [0.29, 0.717) is 34.4 Å². The first kappa shape index (κ1) is 25.9. The summed E-state index contributed by atoms with van der Waals surface area (Å²) >= 11 is 1.16. The largest absolute Gasteiger partial charge is 0.338 e. The van der Waals surface area contributed by atoms with Crippen LogP contribution in [0.5, 0.6) is 0 Å². The van der Waals surface area contributed by atoms with Crippen molar-refractivity contribution in [1.29, 1.82) is 0 Å². The molecule has 198 valence electrons. The number of piperazine rings is 1. The van der Waals surface area contributed by atoms with Crippen molar-refractivity contribution in [3.8, 4) is 0 Å². The van der Waals surface area contributed by atoms with Gasteiger partial charge in [-0.2, -0.15) is 4.31 Å². The number of anilines is 2. The summed E-state index contributed by atoms with van der Waals surface area (Å²) in [7, 11) is -2.35. The molecule has 13 heteroatoms. The van der Waals surface area contributed by atoms with Gasteiger partial charge in [0.1, 0.15) is 16.3 Å². The number of nitrogens with zero attached hydrogens (tertiary/aromatic N) is 7. The molecule has 0 bridgehead atoms. The Hall–Kier alpha value is -3.68. The third kappa shape index (κ3) is 4.79. The number of carbonyl (C=O) groups is 1. The second-order valence-electron chi connectivity index (χ2n) is 9.08. The van der Waals surface area contributed by atoms with Crippen LogP contribution in [0.3, 0.4) is 0 Å². The van der Waals surface area contributed by atoms with E-state index in [1.165, 1.54) is 20.1 Å². The van der Waals surface area contributed by atoms with Crippen molar-refractivity contribution >= 4 is 49.1 Å². The first-order valence-corrected chi connectivity index (χ1v) is 14.3. The molecule has 0 atom stereocenters. The lowest BCUT2D eigenvalue weighted by Gasteiger charge is -2.33. The van der Waals surface area contributed by atoms with Crippen LogP contribution in [0.1, 0.15) is 10.4 Å². The van der Waals surface area contributed by atoms with Crippen molar-refractivity contribution in [2.24, 2.45) is 0 Å². The summed E-state index contributed by atoms with van der Waals surface area (Å²) in [6, 6.07) is 9.20. The Labute approximate surface area is 224 Å². The van der Waals surface area contributed by atoms with E-state index in [0.717, 1.165) is 16.9 Å². The lowest BCUT2D eigenvalue weighted by atomic mass is 10.2. The van der Waals surface area contributed by atoms with Crippen LogP contribution in [-0.4, -0.2) is 71.4 Å². The van der Waals surface area contributed by atoms with Gasteiger partial charge in [0.25, 0.3) is 5.56 Å². The van der Waals surface area contributed by atoms with Gasteiger partial charge in [-0.15, -0.1) is 11.3 Å². The number of amides is 1. The van der Waals surface area contributed by atoms with Gasteiger partial charge >= 0.3 is 0 Å². The van der Waals surface area contributed by atoms with Gasteiger partial charge in [0.2, 0.25) is 21.9 Å². The van der Waals surface area contributed by atoms with Crippen LogP contribution >= 0.6 is 11.3 Å². The highest BCUT2D eigenvalue weighted by atomic mass is 32.2. The molecule has 0 saturated carbocycles. The molecule has 0 aliphatic carbocycles. The zero-order chi connectivity index (χ0) is 27.0. The van der Waals surface area contributed by atoms with Crippen molar-refractivity contribution < 1.29 is 13.2 Å². The fourth-order valence-corrected chi connectivity index (χ4v) is 7.57. The zero-order valence-electron chi connectivity index (χ0n) is 21.2. The quantitative estimate of drug-likeness (QED) is 0.356.